The van der Waals surface area contributed by atoms with Gasteiger partial charge in [-0.25, -0.2) is 19.2 Å². The number of anilines is 1. The lowest BCUT2D eigenvalue weighted by atomic mass is 10.1. The zero-order valence-corrected chi connectivity index (χ0v) is 13.9. The summed E-state index contributed by atoms with van der Waals surface area (Å²) in [5.74, 6) is -1.38. The molecule has 0 radical (unpaired) electrons. The molecule has 0 aliphatic rings. The smallest absolute Gasteiger partial charge is 0.344 e. The Morgan fingerprint density at radius 2 is 2.12 bits per heavy atom. The maximum Gasteiger partial charge on any atom is 0.344 e. The van der Waals surface area contributed by atoms with E-state index in [1.54, 1.807) is 13.8 Å². The van der Waals surface area contributed by atoms with Gasteiger partial charge in [-0.15, -0.1) is 0 Å². The van der Waals surface area contributed by atoms with Crippen molar-refractivity contribution in [2.45, 2.75) is 13.8 Å². The van der Waals surface area contributed by atoms with Crippen molar-refractivity contribution in [1.82, 2.24) is 9.97 Å². The monoisotopic (exact) mass is 351 g/mol. The second-order valence-electron chi connectivity index (χ2n) is 4.62. The molecule has 2 rings (SSSR count). The summed E-state index contributed by atoms with van der Waals surface area (Å²) >= 11 is 6.02. The minimum atomic E-state index is -0.735. The van der Waals surface area contributed by atoms with E-state index in [1.165, 1.54) is 18.2 Å². The van der Waals surface area contributed by atoms with Crippen molar-refractivity contribution in [2.24, 2.45) is 0 Å². The Morgan fingerprint density at radius 3 is 2.71 bits per heavy atom. The lowest BCUT2D eigenvalue weighted by Crippen LogP contribution is -2.16. The van der Waals surface area contributed by atoms with Gasteiger partial charge in [-0.05, 0) is 26.0 Å². The largest absolute Gasteiger partial charge is 0.462 e. The quantitative estimate of drug-likeness (QED) is 0.635. The number of aldehydes is 1. The summed E-state index contributed by atoms with van der Waals surface area (Å²) in [5.41, 5.74) is -0.338. The van der Waals surface area contributed by atoms with Gasteiger partial charge in [0.05, 0.1) is 17.2 Å². The average molecular weight is 352 g/mol. The van der Waals surface area contributed by atoms with Crippen molar-refractivity contribution < 1.29 is 18.7 Å². The summed E-state index contributed by atoms with van der Waals surface area (Å²) in [6.07, 6.45) is 0.396. The molecule has 126 valence electrons. The van der Waals surface area contributed by atoms with Crippen LogP contribution in [0, 0.1) is 5.82 Å². The third-order valence-corrected chi connectivity index (χ3v) is 3.37. The molecule has 0 amide bonds. The van der Waals surface area contributed by atoms with Crippen LogP contribution in [0.15, 0.2) is 18.2 Å². The molecule has 1 heterocycles. The van der Waals surface area contributed by atoms with E-state index in [2.05, 4.69) is 15.3 Å². The van der Waals surface area contributed by atoms with Crippen molar-refractivity contribution in [1.29, 1.82) is 0 Å². The van der Waals surface area contributed by atoms with Crippen LogP contribution in [0.3, 0.4) is 0 Å². The third kappa shape index (κ3) is 3.51. The van der Waals surface area contributed by atoms with E-state index in [0.29, 0.717) is 12.8 Å². The van der Waals surface area contributed by atoms with E-state index in [-0.39, 0.29) is 40.1 Å². The SMILES string of the molecule is CCNc1nc(-c2c(F)cccc2Cl)nc(C=O)c1C(=O)OCC. The molecule has 1 aromatic carbocycles. The fourth-order valence-electron chi connectivity index (χ4n) is 2.09. The first-order valence-corrected chi connectivity index (χ1v) is 7.63. The van der Waals surface area contributed by atoms with Gasteiger partial charge < -0.3 is 10.1 Å². The number of aromatic nitrogens is 2. The highest BCUT2D eigenvalue weighted by Gasteiger charge is 2.24. The molecule has 0 aliphatic heterocycles. The zero-order valence-electron chi connectivity index (χ0n) is 13.1. The number of nitrogens with zero attached hydrogens (tertiary/aromatic N) is 2. The highest BCUT2D eigenvalue weighted by Crippen LogP contribution is 2.30. The minimum Gasteiger partial charge on any atom is -0.462 e. The summed E-state index contributed by atoms with van der Waals surface area (Å²) in [6.45, 7) is 3.98. The molecule has 0 spiro atoms. The first-order chi connectivity index (χ1) is 11.5. The molecule has 1 N–H and O–H groups in total. The molecule has 0 saturated heterocycles. The number of carbonyl (C=O) groups is 2. The van der Waals surface area contributed by atoms with Crippen LogP contribution >= 0.6 is 11.6 Å². The predicted octanol–water partition coefficient (Wildman–Crippen LogP) is 3.36. The van der Waals surface area contributed by atoms with Gasteiger partial charge >= 0.3 is 5.97 Å². The normalized spacial score (nSPS) is 10.3. The predicted molar refractivity (Wildman–Crippen MR) is 87.9 cm³/mol. The van der Waals surface area contributed by atoms with Crippen LogP contribution < -0.4 is 5.32 Å². The van der Waals surface area contributed by atoms with Gasteiger partial charge in [0.1, 0.15) is 22.9 Å². The van der Waals surface area contributed by atoms with Gasteiger partial charge in [0, 0.05) is 6.54 Å². The molecule has 1 aromatic heterocycles. The Balaban J connectivity index is 2.71. The maximum atomic E-state index is 14.1. The number of carbonyl (C=O) groups excluding carboxylic acids is 2. The number of hydrogen-bond donors (Lipinski definition) is 1. The molecular formula is C16H15ClFN3O3. The molecule has 8 heteroatoms. The Kier molecular flexibility index (Phi) is 5.81. The fourth-order valence-corrected chi connectivity index (χ4v) is 2.33. The van der Waals surface area contributed by atoms with Crippen molar-refractivity contribution in [2.75, 3.05) is 18.5 Å². The number of nitrogens with one attached hydrogen (secondary N) is 1. The number of benzene rings is 1. The lowest BCUT2D eigenvalue weighted by molar-refractivity contribution is 0.0524. The van der Waals surface area contributed by atoms with Crippen LogP contribution in [0.1, 0.15) is 34.7 Å². The maximum absolute atomic E-state index is 14.1. The van der Waals surface area contributed by atoms with Crippen molar-refractivity contribution in [3.05, 3.63) is 40.3 Å². The molecule has 0 aliphatic carbocycles. The highest BCUT2D eigenvalue weighted by atomic mass is 35.5. The second kappa shape index (κ2) is 7.83. The van der Waals surface area contributed by atoms with Crippen molar-refractivity contribution in [3.8, 4) is 11.4 Å². The summed E-state index contributed by atoms with van der Waals surface area (Å²) in [7, 11) is 0. The van der Waals surface area contributed by atoms with E-state index in [0.717, 1.165) is 0 Å². The van der Waals surface area contributed by atoms with E-state index in [1.807, 2.05) is 0 Å². The molecule has 24 heavy (non-hydrogen) atoms. The molecular weight excluding hydrogens is 337 g/mol. The van der Waals surface area contributed by atoms with Crippen LogP contribution in [0.5, 0.6) is 0 Å². The van der Waals surface area contributed by atoms with Crippen LogP contribution in [-0.4, -0.2) is 35.4 Å². The first kappa shape index (κ1) is 17.8. The van der Waals surface area contributed by atoms with Gasteiger partial charge in [0.25, 0.3) is 0 Å². The molecule has 0 atom stereocenters. The van der Waals surface area contributed by atoms with E-state index < -0.39 is 11.8 Å². The van der Waals surface area contributed by atoms with E-state index in [4.69, 9.17) is 16.3 Å². The van der Waals surface area contributed by atoms with Gasteiger partial charge in [-0.1, -0.05) is 17.7 Å². The molecule has 0 bridgehead atoms. The van der Waals surface area contributed by atoms with Gasteiger partial charge in [0.15, 0.2) is 12.1 Å². The molecule has 6 nitrogen and oxygen atoms in total. The number of hydrogen-bond acceptors (Lipinski definition) is 6. The Hall–Kier alpha value is -2.54. The number of ether oxygens (including phenoxy) is 1. The second-order valence-corrected chi connectivity index (χ2v) is 5.03. The lowest BCUT2D eigenvalue weighted by Gasteiger charge is -2.13. The standard InChI is InChI=1S/C16H15ClFN3O3/c1-3-19-14-13(16(23)24-4-2)11(8-22)20-15(21-14)12-9(17)6-5-7-10(12)18/h5-8H,3-4H2,1-2H3,(H,19,20,21). The fraction of sp³-hybridized carbons (Fsp3) is 0.250. The summed E-state index contributed by atoms with van der Waals surface area (Å²) in [6, 6.07) is 4.13. The Labute approximate surface area is 143 Å². The van der Waals surface area contributed by atoms with Gasteiger partial charge in [-0.2, -0.15) is 0 Å². The molecule has 0 saturated carbocycles. The number of halogens is 2. The van der Waals surface area contributed by atoms with E-state index in [9.17, 15) is 14.0 Å². The van der Waals surface area contributed by atoms with Crippen LogP contribution in [0.2, 0.25) is 5.02 Å². The number of esters is 1. The van der Waals surface area contributed by atoms with Gasteiger partial charge in [0.2, 0.25) is 0 Å². The zero-order chi connectivity index (χ0) is 17.7. The topological polar surface area (TPSA) is 81.2 Å². The molecule has 2 aromatic rings. The highest BCUT2D eigenvalue weighted by molar-refractivity contribution is 6.33. The van der Waals surface area contributed by atoms with E-state index >= 15 is 0 Å². The summed E-state index contributed by atoms with van der Waals surface area (Å²) in [4.78, 5) is 31.6. The molecule has 0 unspecified atom stereocenters. The summed E-state index contributed by atoms with van der Waals surface area (Å²) in [5, 5.41) is 2.96. The summed E-state index contributed by atoms with van der Waals surface area (Å²) < 4.78 is 19.0. The molecule has 0 fully saturated rings. The van der Waals surface area contributed by atoms with Crippen LogP contribution in [0.25, 0.3) is 11.4 Å². The van der Waals surface area contributed by atoms with Crippen molar-refractivity contribution >= 4 is 29.7 Å². The van der Waals surface area contributed by atoms with Crippen molar-refractivity contribution in [3.63, 3.8) is 0 Å². The van der Waals surface area contributed by atoms with Crippen LogP contribution in [-0.2, 0) is 4.74 Å². The number of rotatable bonds is 6. The Bertz CT molecular complexity index is 763. The minimum absolute atomic E-state index is 0.0446. The van der Waals surface area contributed by atoms with Crippen LogP contribution in [0.4, 0.5) is 10.2 Å². The third-order valence-electron chi connectivity index (χ3n) is 3.06. The Morgan fingerprint density at radius 1 is 1.38 bits per heavy atom. The average Bonchev–Trinajstić information content (AvgIpc) is 2.54. The van der Waals surface area contributed by atoms with Gasteiger partial charge in [-0.3, -0.25) is 4.79 Å². The first-order valence-electron chi connectivity index (χ1n) is 7.26.